The smallest absolute Gasteiger partial charge is 0.248 e. The summed E-state index contributed by atoms with van der Waals surface area (Å²) in [5.41, 5.74) is 6.38. The summed E-state index contributed by atoms with van der Waals surface area (Å²) in [5.74, 6) is 2.69. The second kappa shape index (κ2) is 10.2. The quantitative estimate of drug-likeness (QED) is 0.684. The van der Waals surface area contributed by atoms with Crippen LogP contribution in [0, 0.1) is 0 Å². The number of amides is 2. The van der Waals surface area contributed by atoms with Crippen molar-refractivity contribution in [1.29, 1.82) is 0 Å². The highest BCUT2D eigenvalue weighted by molar-refractivity contribution is 7.99. The Labute approximate surface area is 168 Å². The van der Waals surface area contributed by atoms with Gasteiger partial charge in [-0.05, 0) is 42.5 Å². The first kappa shape index (κ1) is 21.1. The van der Waals surface area contributed by atoms with Gasteiger partial charge in [-0.2, -0.15) is 11.8 Å². The minimum absolute atomic E-state index is 0. The second-order valence-electron chi connectivity index (χ2n) is 6.00. The van der Waals surface area contributed by atoms with Gasteiger partial charge in [0.25, 0.3) is 0 Å². The maximum Gasteiger partial charge on any atom is 0.248 e. The predicted octanol–water partition coefficient (Wildman–Crippen LogP) is 3.03. The van der Waals surface area contributed by atoms with Crippen LogP contribution in [0.25, 0.3) is 0 Å². The van der Waals surface area contributed by atoms with Gasteiger partial charge in [0.05, 0.1) is 0 Å². The van der Waals surface area contributed by atoms with E-state index in [4.69, 9.17) is 10.5 Å². The standard InChI is InChI=1S/C19H21N3O3S.ClH/c20-19(24)13-2-1-3-17(10-13)25-16-6-4-14(5-7-16)22-18(23)11-15-12-26-9-8-21-15;/h1-7,10,15,21H,8-9,11-12H2,(H2,20,24)(H,22,23);1H. The normalized spacial score (nSPS) is 16.1. The van der Waals surface area contributed by atoms with E-state index in [-0.39, 0.29) is 24.4 Å². The Bertz CT molecular complexity index is 780. The minimum atomic E-state index is -0.501. The van der Waals surface area contributed by atoms with E-state index >= 15 is 0 Å². The van der Waals surface area contributed by atoms with Gasteiger partial charge in [-0.15, -0.1) is 12.4 Å². The van der Waals surface area contributed by atoms with Crippen LogP contribution in [0.15, 0.2) is 48.5 Å². The summed E-state index contributed by atoms with van der Waals surface area (Å²) in [6, 6.07) is 14.0. The molecule has 1 unspecified atom stereocenters. The van der Waals surface area contributed by atoms with Gasteiger partial charge in [0.15, 0.2) is 0 Å². The lowest BCUT2D eigenvalue weighted by Gasteiger charge is -2.22. The van der Waals surface area contributed by atoms with Crippen LogP contribution in [-0.4, -0.2) is 35.9 Å². The van der Waals surface area contributed by atoms with E-state index in [1.54, 1.807) is 48.5 Å². The number of hydrogen-bond donors (Lipinski definition) is 3. The zero-order chi connectivity index (χ0) is 18.4. The van der Waals surface area contributed by atoms with E-state index in [9.17, 15) is 9.59 Å². The Morgan fingerprint density at radius 1 is 1.19 bits per heavy atom. The lowest BCUT2D eigenvalue weighted by molar-refractivity contribution is -0.116. The molecule has 2 aromatic carbocycles. The van der Waals surface area contributed by atoms with E-state index in [1.165, 1.54) is 0 Å². The van der Waals surface area contributed by atoms with E-state index in [1.807, 2.05) is 11.8 Å². The number of nitrogens with one attached hydrogen (secondary N) is 2. The molecular weight excluding hydrogens is 386 g/mol. The van der Waals surface area contributed by atoms with Crippen molar-refractivity contribution in [1.82, 2.24) is 5.32 Å². The predicted molar refractivity (Wildman–Crippen MR) is 111 cm³/mol. The van der Waals surface area contributed by atoms with Gasteiger partial charge in [0.2, 0.25) is 11.8 Å². The Hall–Kier alpha value is -2.22. The fourth-order valence-corrected chi connectivity index (χ4v) is 3.59. The first-order valence-electron chi connectivity index (χ1n) is 8.39. The third kappa shape index (κ3) is 6.46. The molecule has 1 aliphatic rings. The number of carbonyl (C=O) groups is 2. The average Bonchev–Trinajstić information content (AvgIpc) is 2.64. The molecule has 2 aromatic rings. The van der Waals surface area contributed by atoms with Crippen molar-refractivity contribution in [3.8, 4) is 11.5 Å². The molecule has 27 heavy (non-hydrogen) atoms. The van der Waals surface area contributed by atoms with Crippen LogP contribution in [0.3, 0.4) is 0 Å². The van der Waals surface area contributed by atoms with Crippen LogP contribution >= 0.6 is 24.2 Å². The highest BCUT2D eigenvalue weighted by Gasteiger charge is 2.16. The molecule has 4 N–H and O–H groups in total. The number of thioether (sulfide) groups is 1. The van der Waals surface area contributed by atoms with E-state index < -0.39 is 5.91 Å². The molecule has 1 aliphatic heterocycles. The van der Waals surface area contributed by atoms with Crippen LogP contribution in [0.4, 0.5) is 5.69 Å². The summed E-state index contributed by atoms with van der Waals surface area (Å²) in [6.07, 6.45) is 0.463. The van der Waals surface area contributed by atoms with Gasteiger partial charge in [0, 0.05) is 41.8 Å². The molecule has 1 fully saturated rings. The van der Waals surface area contributed by atoms with Crippen LogP contribution in [0.2, 0.25) is 0 Å². The fraction of sp³-hybridized carbons (Fsp3) is 0.263. The minimum Gasteiger partial charge on any atom is -0.457 e. The number of halogens is 1. The number of hydrogen-bond acceptors (Lipinski definition) is 5. The lowest BCUT2D eigenvalue weighted by atomic mass is 10.2. The third-order valence-electron chi connectivity index (χ3n) is 3.92. The van der Waals surface area contributed by atoms with Gasteiger partial charge in [-0.1, -0.05) is 6.07 Å². The summed E-state index contributed by atoms with van der Waals surface area (Å²) < 4.78 is 5.72. The highest BCUT2D eigenvalue weighted by Crippen LogP contribution is 2.24. The first-order chi connectivity index (χ1) is 12.6. The van der Waals surface area contributed by atoms with Crippen LogP contribution in [0.1, 0.15) is 16.8 Å². The molecule has 0 aliphatic carbocycles. The maximum atomic E-state index is 12.1. The van der Waals surface area contributed by atoms with E-state index in [0.29, 0.717) is 23.5 Å². The summed E-state index contributed by atoms with van der Waals surface area (Å²) in [5, 5.41) is 6.25. The van der Waals surface area contributed by atoms with Crippen molar-refractivity contribution in [3.05, 3.63) is 54.1 Å². The number of rotatable bonds is 6. The topological polar surface area (TPSA) is 93.5 Å². The number of primary amides is 1. The van der Waals surface area contributed by atoms with Crippen LogP contribution < -0.4 is 21.1 Å². The molecule has 1 atom stereocenters. The molecule has 1 heterocycles. The van der Waals surface area contributed by atoms with Gasteiger partial charge in [-0.25, -0.2) is 0 Å². The Balaban J connectivity index is 0.00000261. The van der Waals surface area contributed by atoms with Gasteiger partial charge in [-0.3, -0.25) is 9.59 Å². The molecule has 8 heteroatoms. The summed E-state index contributed by atoms with van der Waals surface area (Å²) in [7, 11) is 0. The van der Waals surface area contributed by atoms with E-state index in [0.717, 1.165) is 23.7 Å². The fourth-order valence-electron chi connectivity index (χ4n) is 2.64. The average molecular weight is 408 g/mol. The summed E-state index contributed by atoms with van der Waals surface area (Å²) in [4.78, 5) is 23.3. The largest absolute Gasteiger partial charge is 0.457 e. The van der Waals surface area contributed by atoms with Gasteiger partial charge >= 0.3 is 0 Å². The molecule has 0 aromatic heterocycles. The number of carbonyl (C=O) groups excluding carboxylic acids is 2. The van der Waals surface area contributed by atoms with Crippen LogP contribution in [0.5, 0.6) is 11.5 Å². The molecular formula is C19H22ClN3O3S. The molecule has 6 nitrogen and oxygen atoms in total. The lowest BCUT2D eigenvalue weighted by Crippen LogP contribution is -2.39. The second-order valence-corrected chi connectivity index (χ2v) is 7.15. The maximum absolute atomic E-state index is 12.1. The SMILES string of the molecule is Cl.NC(=O)c1cccc(Oc2ccc(NC(=O)CC3CSCCN3)cc2)c1. The first-order valence-corrected chi connectivity index (χ1v) is 9.54. The van der Waals surface area contributed by atoms with Crippen LogP contribution in [-0.2, 0) is 4.79 Å². The van der Waals surface area contributed by atoms with Crippen molar-refractivity contribution in [2.45, 2.75) is 12.5 Å². The van der Waals surface area contributed by atoms with Crippen molar-refractivity contribution < 1.29 is 14.3 Å². The van der Waals surface area contributed by atoms with Crippen molar-refractivity contribution in [3.63, 3.8) is 0 Å². The van der Waals surface area contributed by atoms with Crippen molar-refractivity contribution >= 4 is 41.7 Å². The molecule has 3 rings (SSSR count). The molecule has 0 bridgehead atoms. The number of ether oxygens (including phenoxy) is 1. The third-order valence-corrected chi connectivity index (χ3v) is 5.05. The van der Waals surface area contributed by atoms with Gasteiger partial charge < -0.3 is 21.1 Å². The molecule has 2 amide bonds. The molecule has 0 spiro atoms. The zero-order valence-electron chi connectivity index (χ0n) is 14.6. The van der Waals surface area contributed by atoms with E-state index in [2.05, 4.69) is 10.6 Å². The number of anilines is 1. The molecule has 0 radical (unpaired) electrons. The van der Waals surface area contributed by atoms with Crippen molar-refractivity contribution in [2.75, 3.05) is 23.4 Å². The number of benzene rings is 2. The monoisotopic (exact) mass is 407 g/mol. The molecule has 144 valence electrons. The Kier molecular flexibility index (Phi) is 7.97. The van der Waals surface area contributed by atoms with Gasteiger partial charge in [0.1, 0.15) is 11.5 Å². The molecule has 1 saturated heterocycles. The highest BCUT2D eigenvalue weighted by atomic mass is 35.5. The summed E-state index contributed by atoms with van der Waals surface area (Å²) >= 11 is 1.87. The molecule has 0 saturated carbocycles. The van der Waals surface area contributed by atoms with Crippen molar-refractivity contribution in [2.24, 2.45) is 5.73 Å². The Morgan fingerprint density at radius 3 is 2.63 bits per heavy atom. The summed E-state index contributed by atoms with van der Waals surface area (Å²) in [6.45, 7) is 0.950. The Morgan fingerprint density at radius 2 is 1.96 bits per heavy atom. The zero-order valence-corrected chi connectivity index (χ0v) is 16.3. The number of nitrogens with two attached hydrogens (primary N) is 1.